The van der Waals surface area contributed by atoms with E-state index in [-0.39, 0.29) is 11.8 Å². The van der Waals surface area contributed by atoms with Crippen LogP contribution in [0.4, 0.5) is 11.5 Å². The number of rotatable bonds is 3. The van der Waals surface area contributed by atoms with Gasteiger partial charge in [0, 0.05) is 43.8 Å². The van der Waals surface area contributed by atoms with Gasteiger partial charge in [-0.25, -0.2) is 15.0 Å². The molecule has 0 unspecified atom stereocenters. The van der Waals surface area contributed by atoms with E-state index in [1.165, 1.54) is 5.56 Å². The van der Waals surface area contributed by atoms with Gasteiger partial charge in [-0.3, -0.25) is 9.36 Å². The van der Waals surface area contributed by atoms with Gasteiger partial charge in [-0.05, 0) is 18.1 Å². The zero-order valence-corrected chi connectivity index (χ0v) is 14.2. The van der Waals surface area contributed by atoms with Gasteiger partial charge in [0.2, 0.25) is 5.91 Å². The Morgan fingerprint density at radius 1 is 1.12 bits per heavy atom. The predicted molar refractivity (Wildman–Crippen MR) is 97.4 cm³/mol. The van der Waals surface area contributed by atoms with Crippen molar-refractivity contribution in [2.24, 2.45) is 5.92 Å². The van der Waals surface area contributed by atoms with Crippen molar-refractivity contribution in [1.82, 2.24) is 19.5 Å². The summed E-state index contributed by atoms with van der Waals surface area (Å²) < 4.78 is 1.84. The molecule has 7 nitrogen and oxygen atoms in total. The largest absolute Gasteiger partial charge is 0.355 e. The van der Waals surface area contributed by atoms with Gasteiger partial charge in [-0.1, -0.05) is 18.2 Å². The standard InChI is InChI=1S/C19H18N6O/c26-19(25-7-5-14-3-1-2-4-16(14)25)15-10-24(11-15)18-9-17(21-12-22-18)23-8-6-20-13-23/h1-4,6,8-9,12-13,15H,5,7,10-11H2. The van der Waals surface area contributed by atoms with Crippen LogP contribution in [-0.4, -0.2) is 45.1 Å². The van der Waals surface area contributed by atoms with Crippen molar-refractivity contribution in [3.63, 3.8) is 0 Å². The summed E-state index contributed by atoms with van der Waals surface area (Å²) in [5.41, 5.74) is 2.33. The van der Waals surface area contributed by atoms with Crippen molar-refractivity contribution in [3.05, 3.63) is 60.9 Å². The Balaban J connectivity index is 1.28. The number of carbonyl (C=O) groups is 1. The number of amides is 1. The minimum atomic E-state index is 0.0211. The molecule has 1 fully saturated rings. The number of anilines is 2. The maximum Gasteiger partial charge on any atom is 0.233 e. The van der Waals surface area contributed by atoms with Crippen LogP contribution in [0.15, 0.2) is 55.4 Å². The average molecular weight is 346 g/mol. The molecule has 0 aliphatic carbocycles. The first-order valence-corrected chi connectivity index (χ1v) is 8.74. The molecule has 0 atom stereocenters. The molecule has 130 valence electrons. The summed E-state index contributed by atoms with van der Waals surface area (Å²) in [4.78, 5) is 29.6. The molecule has 7 heteroatoms. The van der Waals surface area contributed by atoms with Crippen LogP contribution in [-0.2, 0) is 11.2 Å². The van der Waals surface area contributed by atoms with E-state index in [1.807, 2.05) is 39.9 Å². The zero-order chi connectivity index (χ0) is 17.5. The van der Waals surface area contributed by atoms with Crippen LogP contribution < -0.4 is 9.80 Å². The van der Waals surface area contributed by atoms with Crippen LogP contribution in [0.25, 0.3) is 5.82 Å². The second-order valence-electron chi connectivity index (χ2n) is 6.67. The SMILES string of the molecule is O=C(C1CN(c2cc(-n3ccnc3)ncn2)C1)N1CCc2ccccc21. The van der Waals surface area contributed by atoms with E-state index in [9.17, 15) is 4.79 Å². The van der Waals surface area contributed by atoms with Crippen molar-refractivity contribution < 1.29 is 4.79 Å². The molecule has 2 aliphatic rings. The minimum Gasteiger partial charge on any atom is -0.355 e. The quantitative estimate of drug-likeness (QED) is 0.722. The van der Waals surface area contributed by atoms with Crippen molar-refractivity contribution >= 4 is 17.4 Å². The third-order valence-corrected chi connectivity index (χ3v) is 5.12. The fraction of sp³-hybridized carbons (Fsp3) is 0.263. The lowest BCUT2D eigenvalue weighted by Crippen LogP contribution is -2.55. The molecule has 0 spiro atoms. The molecule has 1 aromatic carbocycles. The summed E-state index contributed by atoms with van der Waals surface area (Å²) in [5, 5.41) is 0. The maximum absolute atomic E-state index is 12.9. The fourth-order valence-electron chi connectivity index (χ4n) is 3.66. The summed E-state index contributed by atoms with van der Waals surface area (Å²) in [6.45, 7) is 2.17. The van der Waals surface area contributed by atoms with E-state index >= 15 is 0 Å². The second kappa shape index (κ2) is 5.94. The van der Waals surface area contributed by atoms with E-state index in [2.05, 4.69) is 25.9 Å². The van der Waals surface area contributed by atoms with Gasteiger partial charge in [0.25, 0.3) is 0 Å². The molecule has 0 saturated carbocycles. The second-order valence-corrected chi connectivity index (χ2v) is 6.67. The molecular weight excluding hydrogens is 328 g/mol. The first-order valence-electron chi connectivity index (χ1n) is 8.74. The lowest BCUT2D eigenvalue weighted by Gasteiger charge is -2.40. The molecule has 0 bridgehead atoms. The van der Waals surface area contributed by atoms with E-state index in [4.69, 9.17) is 0 Å². The van der Waals surface area contributed by atoms with E-state index in [0.29, 0.717) is 13.1 Å². The number of nitrogens with zero attached hydrogens (tertiary/aromatic N) is 6. The Morgan fingerprint density at radius 3 is 2.81 bits per heavy atom. The molecule has 0 N–H and O–H groups in total. The number of aromatic nitrogens is 4. The molecule has 2 aromatic heterocycles. The summed E-state index contributed by atoms with van der Waals surface area (Å²) in [6.07, 6.45) is 7.77. The third-order valence-electron chi connectivity index (χ3n) is 5.12. The first-order chi connectivity index (χ1) is 12.8. The minimum absolute atomic E-state index is 0.0211. The first kappa shape index (κ1) is 15.1. The third kappa shape index (κ3) is 2.44. The van der Waals surface area contributed by atoms with Crippen LogP contribution in [0.3, 0.4) is 0 Å². The number of hydrogen-bond acceptors (Lipinski definition) is 5. The van der Waals surface area contributed by atoms with E-state index < -0.39 is 0 Å². The molecule has 1 amide bonds. The van der Waals surface area contributed by atoms with Gasteiger partial charge in [0.15, 0.2) is 0 Å². The highest BCUT2D eigenvalue weighted by Gasteiger charge is 2.38. The predicted octanol–water partition coefficient (Wildman–Crippen LogP) is 1.69. The van der Waals surface area contributed by atoms with Crippen molar-refractivity contribution in [1.29, 1.82) is 0 Å². The molecule has 1 saturated heterocycles. The molecule has 5 rings (SSSR count). The van der Waals surface area contributed by atoms with Gasteiger partial charge in [0.05, 0.1) is 5.92 Å². The number of hydrogen-bond donors (Lipinski definition) is 0. The van der Waals surface area contributed by atoms with Crippen molar-refractivity contribution in [2.45, 2.75) is 6.42 Å². The number of imidazole rings is 1. The van der Waals surface area contributed by atoms with Crippen LogP contribution >= 0.6 is 0 Å². The van der Waals surface area contributed by atoms with Gasteiger partial charge >= 0.3 is 0 Å². The van der Waals surface area contributed by atoms with E-state index in [1.54, 1.807) is 18.9 Å². The highest BCUT2D eigenvalue weighted by molar-refractivity contribution is 5.98. The van der Waals surface area contributed by atoms with Gasteiger partial charge in [0.1, 0.15) is 24.3 Å². The Morgan fingerprint density at radius 2 is 1.96 bits per heavy atom. The maximum atomic E-state index is 12.9. The molecule has 0 radical (unpaired) electrons. The zero-order valence-electron chi connectivity index (χ0n) is 14.2. The fourth-order valence-corrected chi connectivity index (χ4v) is 3.66. The smallest absolute Gasteiger partial charge is 0.233 e. The highest BCUT2D eigenvalue weighted by Crippen LogP contribution is 2.32. The summed E-state index contributed by atoms with van der Waals surface area (Å²) >= 11 is 0. The normalized spacial score (nSPS) is 16.5. The topological polar surface area (TPSA) is 67.2 Å². The lowest BCUT2D eigenvalue weighted by atomic mass is 9.98. The molecule has 2 aliphatic heterocycles. The number of para-hydroxylation sites is 1. The molecule has 3 aromatic rings. The Hall–Kier alpha value is -3.22. The van der Waals surface area contributed by atoms with Crippen LogP contribution in [0, 0.1) is 5.92 Å². The Labute approximate surface area is 150 Å². The van der Waals surface area contributed by atoms with Gasteiger partial charge in [-0.2, -0.15) is 0 Å². The molecular formula is C19H18N6O. The summed E-state index contributed by atoms with van der Waals surface area (Å²) in [7, 11) is 0. The van der Waals surface area contributed by atoms with E-state index in [0.717, 1.165) is 30.3 Å². The van der Waals surface area contributed by atoms with Crippen LogP contribution in [0.2, 0.25) is 0 Å². The van der Waals surface area contributed by atoms with Gasteiger partial charge in [-0.15, -0.1) is 0 Å². The van der Waals surface area contributed by atoms with Crippen molar-refractivity contribution in [3.8, 4) is 5.82 Å². The number of benzene rings is 1. The van der Waals surface area contributed by atoms with Gasteiger partial charge < -0.3 is 9.80 Å². The Kier molecular flexibility index (Phi) is 3.44. The number of carbonyl (C=O) groups excluding carboxylic acids is 1. The Bertz CT molecular complexity index is 948. The average Bonchev–Trinajstić information content (AvgIpc) is 3.30. The lowest BCUT2D eigenvalue weighted by molar-refractivity contribution is -0.123. The molecule has 4 heterocycles. The monoisotopic (exact) mass is 346 g/mol. The highest BCUT2D eigenvalue weighted by atomic mass is 16.2. The van der Waals surface area contributed by atoms with Crippen LogP contribution in [0.5, 0.6) is 0 Å². The summed E-state index contributed by atoms with van der Waals surface area (Å²) in [5.74, 6) is 1.85. The molecule has 26 heavy (non-hydrogen) atoms. The summed E-state index contributed by atoms with van der Waals surface area (Å²) in [6, 6.07) is 10.1. The van der Waals surface area contributed by atoms with Crippen molar-refractivity contribution in [2.75, 3.05) is 29.4 Å². The van der Waals surface area contributed by atoms with Crippen LogP contribution in [0.1, 0.15) is 5.56 Å². The number of fused-ring (bicyclic) bond motifs is 1.